The maximum absolute atomic E-state index is 13.5. The predicted octanol–water partition coefficient (Wildman–Crippen LogP) is 3.74. The van der Waals surface area contributed by atoms with Crippen LogP contribution in [0.5, 0.6) is 5.75 Å². The molecule has 1 N–H and O–H groups in total. The molecule has 0 amide bonds. The van der Waals surface area contributed by atoms with Crippen LogP contribution in [-0.4, -0.2) is 11.5 Å². The van der Waals surface area contributed by atoms with Gasteiger partial charge in [-0.05, 0) is 19.1 Å². The maximum atomic E-state index is 13.5. The van der Waals surface area contributed by atoms with Crippen molar-refractivity contribution in [2.75, 3.05) is 11.9 Å². The number of nitro groups is 1. The van der Waals surface area contributed by atoms with Gasteiger partial charge in [0.05, 0.1) is 4.92 Å². The van der Waals surface area contributed by atoms with Gasteiger partial charge in [-0.25, -0.2) is 4.39 Å². The van der Waals surface area contributed by atoms with E-state index >= 15 is 0 Å². The van der Waals surface area contributed by atoms with Gasteiger partial charge in [-0.2, -0.15) is 0 Å². The average molecular weight is 290 g/mol. The standard InChI is InChI=1S/C15H15FN2O3/c1-2-17-15-11(6-5-8-13(15)18(19)20)10-21-14-9-4-3-7-12(14)16/h3-9,17H,2,10H2,1H3. The smallest absolute Gasteiger partial charge is 0.292 e. The second-order valence-electron chi connectivity index (χ2n) is 4.32. The number of ether oxygens (including phenoxy) is 1. The molecule has 5 nitrogen and oxygen atoms in total. The van der Waals surface area contributed by atoms with E-state index in [4.69, 9.17) is 4.74 Å². The Labute approximate surface area is 121 Å². The van der Waals surface area contributed by atoms with Crippen molar-refractivity contribution in [1.82, 2.24) is 0 Å². The Morgan fingerprint density at radius 2 is 2.00 bits per heavy atom. The quantitative estimate of drug-likeness (QED) is 0.650. The van der Waals surface area contributed by atoms with Gasteiger partial charge >= 0.3 is 0 Å². The fraction of sp³-hybridized carbons (Fsp3) is 0.200. The number of nitrogens with one attached hydrogen (secondary N) is 1. The molecule has 0 aliphatic heterocycles. The molecule has 0 bridgehead atoms. The normalized spacial score (nSPS) is 10.2. The Bertz CT molecular complexity index is 647. The van der Waals surface area contributed by atoms with E-state index < -0.39 is 10.7 Å². The first-order chi connectivity index (χ1) is 10.1. The summed E-state index contributed by atoms with van der Waals surface area (Å²) < 4.78 is 18.9. The van der Waals surface area contributed by atoms with Gasteiger partial charge < -0.3 is 10.1 Å². The first-order valence-corrected chi connectivity index (χ1v) is 6.51. The highest BCUT2D eigenvalue weighted by molar-refractivity contribution is 5.66. The molecule has 2 aromatic carbocycles. The fourth-order valence-electron chi connectivity index (χ4n) is 1.96. The number of hydrogen-bond acceptors (Lipinski definition) is 4. The molecule has 0 spiro atoms. The first kappa shape index (κ1) is 14.8. The third kappa shape index (κ3) is 3.47. The molecular formula is C15H15FN2O3. The van der Waals surface area contributed by atoms with Crippen molar-refractivity contribution in [2.24, 2.45) is 0 Å². The fourth-order valence-corrected chi connectivity index (χ4v) is 1.96. The van der Waals surface area contributed by atoms with Crippen molar-refractivity contribution in [3.63, 3.8) is 0 Å². The summed E-state index contributed by atoms with van der Waals surface area (Å²) in [5.41, 5.74) is 0.988. The lowest BCUT2D eigenvalue weighted by molar-refractivity contribution is -0.384. The van der Waals surface area contributed by atoms with E-state index in [1.165, 1.54) is 18.2 Å². The second-order valence-corrected chi connectivity index (χ2v) is 4.32. The van der Waals surface area contributed by atoms with Crippen LogP contribution in [0.4, 0.5) is 15.8 Å². The molecule has 0 heterocycles. The van der Waals surface area contributed by atoms with E-state index in [0.29, 0.717) is 17.8 Å². The summed E-state index contributed by atoms with van der Waals surface area (Å²) in [7, 11) is 0. The molecule has 0 atom stereocenters. The molecule has 0 saturated heterocycles. The Hall–Kier alpha value is -2.63. The first-order valence-electron chi connectivity index (χ1n) is 6.51. The highest BCUT2D eigenvalue weighted by atomic mass is 19.1. The molecule has 0 aliphatic rings. The van der Waals surface area contributed by atoms with Crippen molar-refractivity contribution >= 4 is 11.4 Å². The summed E-state index contributed by atoms with van der Waals surface area (Å²) in [5.74, 6) is -0.348. The lowest BCUT2D eigenvalue weighted by Gasteiger charge is -2.12. The number of nitro benzene ring substituents is 1. The molecule has 0 radical (unpaired) electrons. The van der Waals surface area contributed by atoms with Crippen LogP contribution in [0.3, 0.4) is 0 Å². The van der Waals surface area contributed by atoms with Gasteiger partial charge in [-0.3, -0.25) is 10.1 Å². The third-order valence-corrected chi connectivity index (χ3v) is 2.90. The van der Waals surface area contributed by atoms with Crippen molar-refractivity contribution in [3.05, 3.63) is 64.0 Å². The van der Waals surface area contributed by atoms with Gasteiger partial charge in [0.1, 0.15) is 12.3 Å². The summed E-state index contributed by atoms with van der Waals surface area (Å²) in [6, 6.07) is 10.8. The number of benzene rings is 2. The number of para-hydroxylation sites is 2. The van der Waals surface area contributed by atoms with Gasteiger partial charge in [-0.1, -0.05) is 24.3 Å². The number of nitrogens with zero attached hydrogens (tertiary/aromatic N) is 1. The molecule has 6 heteroatoms. The Morgan fingerprint density at radius 1 is 1.24 bits per heavy atom. The summed E-state index contributed by atoms with van der Waals surface area (Å²) in [4.78, 5) is 10.6. The zero-order valence-corrected chi connectivity index (χ0v) is 11.5. The summed E-state index contributed by atoms with van der Waals surface area (Å²) in [6.45, 7) is 2.43. The maximum Gasteiger partial charge on any atom is 0.292 e. The minimum Gasteiger partial charge on any atom is -0.486 e. The van der Waals surface area contributed by atoms with Crippen LogP contribution in [0.1, 0.15) is 12.5 Å². The molecule has 0 aliphatic carbocycles. The third-order valence-electron chi connectivity index (χ3n) is 2.90. The molecule has 0 saturated carbocycles. The molecule has 0 aromatic heterocycles. The molecule has 0 unspecified atom stereocenters. The average Bonchev–Trinajstić information content (AvgIpc) is 2.47. The van der Waals surface area contributed by atoms with Crippen LogP contribution in [0.2, 0.25) is 0 Å². The van der Waals surface area contributed by atoms with E-state index in [0.717, 1.165) is 0 Å². The molecular weight excluding hydrogens is 275 g/mol. The van der Waals surface area contributed by atoms with E-state index in [1.54, 1.807) is 24.3 Å². The number of halogens is 1. The molecule has 21 heavy (non-hydrogen) atoms. The van der Waals surface area contributed by atoms with Crippen LogP contribution in [0, 0.1) is 15.9 Å². The highest BCUT2D eigenvalue weighted by Crippen LogP contribution is 2.29. The van der Waals surface area contributed by atoms with Gasteiger partial charge in [-0.15, -0.1) is 0 Å². The van der Waals surface area contributed by atoms with E-state index in [-0.39, 0.29) is 18.0 Å². The summed E-state index contributed by atoms with van der Waals surface area (Å²) in [5, 5.41) is 14.0. The largest absolute Gasteiger partial charge is 0.486 e. The van der Waals surface area contributed by atoms with Gasteiger partial charge in [0.2, 0.25) is 0 Å². The minimum absolute atomic E-state index is 0.0218. The SMILES string of the molecule is CCNc1c(COc2ccccc2F)cccc1[N+](=O)[O-]. The van der Waals surface area contributed by atoms with Crippen LogP contribution in [-0.2, 0) is 6.61 Å². The van der Waals surface area contributed by atoms with Gasteiger partial charge in [0, 0.05) is 18.2 Å². The highest BCUT2D eigenvalue weighted by Gasteiger charge is 2.17. The number of rotatable bonds is 6. The minimum atomic E-state index is -0.465. The molecule has 110 valence electrons. The zero-order chi connectivity index (χ0) is 15.2. The molecule has 2 rings (SSSR count). The Morgan fingerprint density at radius 3 is 2.67 bits per heavy atom. The van der Waals surface area contributed by atoms with E-state index in [9.17, 15) is 14.5 Å². The lowest BCUT2D eigenvalue weighted by Crippen LogP contribution is -2.07. The van der Waals surface area contributed by atoms with Crippen molar-refractivity contribution in [3.8, 4) is 5.75 Å². The lowest BCUT2D eigenvalue weighted by atomic mass is 10.1. The predicted molar refractivity (Wildman–Crippen MR) is 78.0 cm³/mol. The summed E-state index contributed by atoms with van der Waals surface area (Å²) >= 11 is 0. The van der Waals surface area contributed by atoms with E-state index in [2.05, 4.69) is 5.32 Å². The number of hydrogen-bond donors (Lipinski definition) is 1. The Balaban J connectivity index is 2.25. The van der Waals surface area contributed by atoms with Gasteiger partial charge in [0.25, 0.3) is 5.69 Å². The monoisotopic (exact) mass is 290 g/mol. The zero-order valence-electron chi connectivity index (χ0n) is 11.5. The van der Waals surface area contributed by atoms with Crippen LogP contribution in [0.15, 0.2) is 42.5 Å². The number of anilines is 1. The topological polar surface area (TPSA) is 64.4 Å². The van der Waals surface area contributed by atoms with Crippen molar-refractivity contribution in [2.45, 2.75) is 13.5 Å². The summed E-state index contributed by atoms with van der Waals surface area (Å²) in [6.07, 6.45) is 0. The van der Waals surface area contributed by atoms with Crippen LogP contribution < -0.4 is 10.1 Å². The molecule has 2 aromatic rings. The van der Waals surface area contributed by atoms with E-state index in [1.807, 2.05) is 6.92 Å². The van der Waals surface area contributed by atoms with Crippen molar-refractivity contribution in [1.29, 1.82) is 0 Å². The van der Waals surface area contributed by atoms with Crippen LogP contribution >= 0.6 is 0 Å². The Kier molecular flexibility index (Phi) is 4.71. The van der Waals surface area contributed by atoms with Gasteiger partial charge in [0.15, 0.2) is 11.6 Å². The van der Waals surface area contributed by atoms with Crippen molar-refractivity contribution < 1.29 is 14.1 Å². The molecule has 0 fully saturated rings. The van der Waals surface area contributed by atoms with Crippen LogP contribution in [0.25, 0.3) is 0 Å². The second kappa shape index (κ2) is 6.69.